The molecule has 0 amide bonds. The Balaban J connectivity index is 3.03. The van der Waals surface area contributed by atoms with Gasteiger partial charge in [0.15, 0.2) is 5.96 Å². The van der Waals surface area contributed by atoms with Gasteiger partial charge in [-0.25, -0.2) is 4.99 Å². The van der Waals surface area contributed by atoms with Crippen LogP contribution < -0.4 is 16.2 Å². The molecular weight excluding hydrogens is 234 g/mol. The average molecular weight is 244 g/mol. The van der Waals surface area contributed by atoms with Crippen molar-refractivity contribution in [1.82, 2.24) is 0 Å². The van der Waals surface area contributed by atoms with Crippen LogP contribution in [0.1, 0.15) is 0 Å². The minimum absolute atomic E-state index is 0.0390. The lowest BCUT2D eigenvalue weighted by Crippen LogP contribution is -2.21. The molecule has 0 spiro atoms. The maximum Gasteiger partial charge on any atom is 0.191 e. The second kappa shape index (κ2) is 4.13. The summed E-state index contributed by atoms with van der Waals surface area (Å²) in [6, 6.07) is 5.33. The Hall–Kier alpha value is -1.23. The van der Waals surface area contributed by atoms with E-state index in [1.807, 2.05) is 0 Å². The summed E-state index contributed by atoms with van der Waals surface area (Å²) in [7, 11) is 1.60. The highest BCUT2D eigenvalue weighted by molar-refractivity contribution is 9.10. The Morgan fingerprint density at radius 1 is 1.46 bits per heavy atom. The van der Waals surface area contributed by atoms with E-state index < -0.39 is 0 Å². The highest BCUT2D eigenvalue weighted by Crippen LogP contribution is 2.28. The molecule has 0 heterocycles. The van der Waals surface area contributed by atoms with Crippen molar-refractivity contribution in [3.8, 4) is 5.75 Å². The van der Waals surface area contributed by atoms with Crippen LogP contribution in [0.15, 0.2) is 27.7 Å². The summed E-state index contributed by atoms with van der Waals surface area (Å²) in [5, 5.41) is 0. The van der Waals surface area contributed by atoms with Crippen molar-refractivity contribution in [3.63, 3.8) is 0 Å². The normalized spacial score (nSPS) is 9.38. The van der Waals surface area contributed by atoms with E-state index in [-0.39, 0.29) is 5.96 Å². The molecule has 0 radical (unpaired) electrons. The molecule has 0 saturated carbocycles. The Labute approximate surface area is 84.7 Å². The fourth-order valence-corrected chi connectivity index (χ4v) is 1.40. The lowest BCUT2D eigenvalue weighted by molar-refractivity contribution is 0.412. The summed E-state index contributed by atoms with van der Waals surface area (Å²) in [4.78, 5) is 3.88. The van der Waals surface area contributed by atoms with Gasteiger partial charge in [0.2, 0.25) is 0 Å². The van der Waals surface area contributed by atoms with E-state index in [0.29, 0.717) is 5.69 Å². The number of methoxy groups -OCH3 is 1. The van der Waals surface area contributed by atoms with Crippen LogP contribution in [0, 0.1) is 0 Å². The summed E-state index contributed by atoms with van der Waals surface area (Å²) < 4.78 is 5.86. The first-order valence-electron chi connectivity index (χ1n) is 3.56. The molecule has 13 heavy (non-hydrogen) atoms. The predicted octanol–water partition coefficient (Wildman–Crippen LogP) is 1.36. The monoisotopic (exact) mass is 243 g/mol. The van der Waals surface area contributed by atoms with Gasteiger partial charge in [-0.2, -0.15) is 0 Å². The number of aliphatic imine (C=N–C) groups is 1. The van der Waals surface area contributed by atoms with Gasteiger partial charge in [-0.05, 0) is 34.1 Å². The number of guanidine groups is 1. The largest absolute Gasteiger partial charge is 0.496 e. The molecule has 70 valence electrons. The van der Waals surface area contributed by atoms with Crippen LogP contribution in [-0.2, 0) is 0 Å². The van der Waals surface area contributed by atoms with Crippen molar-refractivity contribution >= 4 is 27.6 Å². The van der Waals surface area contributed by atoms with E-state index in [1.54, 1.807) is 25.3 Å². The van der Waals surface area contributed by atoms with Gasteiger partial charge >= 0.3 is 0 Å². The molecule has 0 fully saturated rings. The van der Waals surface area contributed by atoms with Gasteiger partial charge in [-0.1, -0.05) is 0 Å². The third-order valence-corrected chi connectivity index (χ3v) is 2.01. The Morgan fingerprint density at radius 2 is 2.15 bits per heavy atom. The van der Waals surface area contributed by atoms with Crippen LogP contribution in [0.5, 0.6) is 5.75 Å². The quantitative estimate of drug-likeness (QED) is 0.609. The number of rotatable bonds is 2. The number of halogens is 1. The van der Waals surface area contributed by atoms with Crippen LogP contribution in [-0.4, -0.2) is 13.1 Å². The van der Waals surface area contributed by atoms with Crippen LogP contribution >= 0.6 is 15.9 Å². The van der Waals surface area contributed by atoms with Gasteiger partial charge < -0.3 is 16.2 Å². The van der Waals surface area contributed by atoms with E-state index in [1.165, 1.54) is 0 Å². The first kappa shape index (κ1) is 9.85. The number of nitrogens with zero attached hydrogens (tertiary/aromatic N) is 1. The molecule has 1 aromatic rings. The lowest BCUT2D eigenvalue weighted by Gasteiger charge is -2.03. The lowest BCUT2D eigenvalue weighted by atomic mass is 10.3. The number of hydrogen-bond donors (Lipinski definition) is 2. The minimum Gasteiger partial charge on any atom is -0.496 e. The van der Waals surface area contributed by atoms with Crippen LogP contribution in [0.4, 0.5) is 5.69 Å². The van der Waals surface area contributed by atoms with Crippen molar-refractivity contribution < 1.29 is 4.74 Å². The van der Waals surface area contributed by atoms with Crippen molar-refractivity contribution in [2.75, 3.05) is 7.11 Å². The van der Waals surface area contributed by atoms with Gasteiger partial charge in [0.1, 0.15) is 5.75 Å². The molecule has 5 heteroatoms. The molecule has 0 atom stereocenters. The highest BCUT2D eigenvalue weighted by Gasteiger charge is 1.99. The van der Waals surface area contributed by atoms with E-state index in [0.717, 1.165) is 10.2 Å². The number of ether oxygens (including phenoxy) is 1. The maximum atomic E-state index is 5.23. The Kier molecular flexibility index (Phi) is 3.13. The maximum absolute atomic E-state index is 5.23. The SMILES string of the molecule is COc1ccc(N=C(N)N)cc1Br. The summed E-state index contributed by atoms with van der Waals surface area (Å²) in [6.07, 6.45) is 0. The van der Waals surface area contributed by atoms with Crippen LogP contribution in [0.2, 0.25) is 0 Å². The number of hydrogen-bond acceptors (Lipinski definition) is 2. The molecule has 0 aliphatic heterocycles. The zero-order valence-electron chi connectivity index (χ0n) is 7.12. The predicted molar refractivity (Wildman–Crippen MR) is 56.2 cm³/mol. The first-order valence-corrected chi connectivity index (χ1v) is 4.36. The molecule has 0 aromatic heterocycles. The summed E-state index contributed by atoms with van der Waals surface area (Å²) >= 11 is 3.32. The highest BCUT2D eigenvalue weighted by atomic mass is 79.9. The molecule has 1 rings (SSSR count). The standard InChI is InChI=1S/C8H10BrN3O/c1-13-7-3-2-5(4-6(7)9)12-8(10)11/h2-4H,1H3,(H4,10,11,12). The van der Waals surface area contributed by atoms with Gasteiger partial charge in [-0.15, -0.1) is 0 Å². The van der Waals surface area contributed by atoms with E-state index in [4.69, 9.17) is 16.2 Å². The molecule has 0 aliphatic rings. The molecule has 0 aliphatic carbocycles. The summed E-state index contributed by atoms with van der Waals surface area (Å²) in [5.74, 6) is 0.784. The second-order valence-electron chi connectivity index (χ2n) is 2.36. The average Bonchev–Trinajstić information content (AvgIpc) is 2.03. The van der Waals surface area contributed by atoms with E-state index >= 15 is 0 Å². The van der Waals surface area contributed by atoms with Gasteiger partial charge in [0.25, 0.3) is 0 Å². The summed E-state index contributed by atoms with van der Waals surface area (Å²) in [5.41, 5.74) is 11.1. The number of benzene rings is 1. The smallest absolute Gasteiger partial charge is 0.191 e. The van der Waals surface area contributed by atoms with Crippen LogP contribution in [0.25, 0.3) is 0 Å². The molecule has 0 saturated heterocycles. The topological polar surface area (TPSA) is 73.6 Å². The van der Waals surface area contributed by atoms with E-state index in [9.17, 15) is 0 Å². The molecule has 4 N–H and O–H groups in total. The third kappa shape index (κ3) is 2.62. The van der Waals surface area contributed by atoms with Crippen molar-refractivity contribution in [1.29, 1.82) is 0 Å². The van der Waals surface area contributed by atoms with Crippen LogP contribution in [0.3, 0.4) is 0 Å². The fraction of sp³-hybridized carbons (Fsp3) is 0.125. The molecule has 1 aromatic carbocycles. The zero-order valence-corrected chi connectivity index (χ0v) is 8.71. The number of nitrogens with two attached hydrogens (primary N) is 2. The molecular formula is C8H10BrN3O. The second-order valence-corrected chi connectivity index (χ2v) is 3.21. The Bertz CT molecular complexity index is 334. The van der Waals surface area contributed by atoms with Gasteiger partial charge in [0.05, 0.1) is 17.3 Å². The molecule has 0 bridgehead atoms. The van der Waals surface area contributed by atoms with Crippen molar-refractivity contribution in [2.45, 2.75) is 0 Å². The Morgan fingerprint density at radius 3 is 2.62 bits per heavy atom. The molecule has 4 nitrogen and oxygen atoms in total. The minimum atomic E-state index is 0.0390. The first-order chi connectivity index (χ1) is 6.13. The van der Waals surface area contributed by atoms with Gasteiger partial charge in [-0.3, -0.25) is 0 Å². The molecule has 0 unspecified atom stereocenters. The van der Waals surface area contributed by atoms with Gasteiger partial charge in [0, 0.05) is 0 Å². The van der Waals surface area contributed by atoms with Crippen molar-refractivity contribution in [2.24, 2.45) is 16.5 Å². The van der Waals surface area contributed by atoms with E-state index in [2.05, 4.69) is 20.9 Å². The van der Waals surface area contributed by atoms with Crippen molar-refractivity contribution in [3.05, 3.63) is 22.7 Å². The fourth-order valence-electron chi connectivity index (χ4n) is 0.874. The third-order valence-electron chi connectivity index (χ3n) is 1.39. The zero-order chi connectivity index (χ0) is 9.84. The summed E-state index contributed by atoms with van der Waals surface area (Å²) in [6.45, 7) is 0.